The lowest BCUT2D eigenvalue weighted by Gasteiger charge is -2.26. The van der Waals surface area contributed by atoms with Gasteiger partial charge in [-0.15, -0.1) is 0 Å². The highest BCUT2D eigenvalue weighted by Gasteiger charge is 2.13. The summed E-state index contributed by atoms with van der Waals surface area (Å²) in [6, 6.07) is 42.9. The van der Waals surface area contributed by atoms with E-state index in [1.54, 1.807) is 6.92 Å². The normalized spacial score (nSPS) is 10.7. The maximum atomic E-state index is 11.4. The Morgan fingerprint density at radius 2 is 0.875 bits per heavy atom. The van der Waals surface area contributed by atoms with E-state index >= 15 is 0 Å². The monoisotopic (exact) mass is 637 g/mol. The maximum absolute atomic E-state index is 11.4. The Balaban J connectivity index is 1.22. The Kier molecular flexibility index (Phi) is 12.0. The Hall–Kier alpha value is -5.42. The largest absolute Gasteiger partial charge is 0.461 e. The molecule has 244 valence electrons. The van der Waals surface area contributed by atoms with Crippen molar-refractivity contribution in [2.45, 2.75) is 59.2 Å². The Labute approximate surface area is 284 Å². The van der Waals surface area contributed by atoms with Gasteiger partial charge in [-0.05, 0) is 102 Å². The second-order valence-electron chi connectivity index (χ2n) is 12.0. The quantitative estimate of drug-likeness (QED) is 0.0845. The second kappa shape index (κ2) is 16.9. The van der Waals surface area contributed by atoms with Crippen LogP contribution in [0.25, 0.3) is 0 Å². The van der Waals surface area contributed by atoms with Crippen molar-refractivity contribution in [3.8, 4) is 0 Å². The number of benzene rings is 5. The van der Waals surface area contributed by atoms with E-state index in [1.807, 2.05) is 24.3 Å². The lowest BCUT2D eigenvalue weighted by atomic mass is 10.0. The van der Waals surface area contributed by atoms with Gasteiger partial charge in [0, 0.05) is 29.6 Å². The van der Waals surface area contributed by atoms with Crippen LogP contribution in [-0.4, -0.2) is 11.9 Å². The third kappa shape index (κ3) is 9.79. The first-order valence-corrected chi connectivity index (χ1v) is 16.6. The van der Waals surface area contributed by atoms with E-state index in [9.17, 15) is 9.59 Å². The number of nitrogens with zero attached hydrogens (tertiary/aromatic N) is 1. The highest BCUT2D eigenvalue weighted by molar-refractivity contribution is 5.81. The van der Waals surface area contributed by atoms with E-state index < -0.39 is 5.97 Å². The van der Waals surface area contributed by atoms with Gasteiger partial charge in [-0.3, -0.25) is 4.79 Å². The molecule has 5 aromatic rings. The smallest absolute Gasteiger partial charge is 0.330 e. The van der Waals surface area contributed by atoms with E-state index in [2.05, 4.69) is 115 Å². The molecule has 5 rings (SSSR count). The van der Waals surface area contributed by atoms with E-state index in [0.717, 1.165) is 53.9 Å². The van der Waals surface area contributed by atoms with E-state index in [4.69, 9.17) is 9.47 Å². The van der Waals surface area contributed by atoms with Crippen LogP contribution in [0.15, 0.2) is 134 Å². The summed E-state index contributed by atoms with van der Waals surface area (Å²) in [5.41, 5.74) is 11.6. The molecular formula is C43H43NO4. The lowest BCUT2D eigenvalue weighted by molar-refractivity contribution is -0.144. The Morgan fingerprint density at radius 3 is 1.25 bits per heavy atom. The summed E-state index contributed by atoms with van der Waals surface area (Å²) in [4.78, 5) is 25.1. The Bertz CT molecular complexity index is 1770. The minimum Gasteiger partial charge on any atom is -0.461 e. The summed E-state index contributed by atoms with van der Waals surface area (Å²) in [5.74, 6) is -0.590. The van der Waals surface area contributed by atoms with Gasteiger partial charge in [-0.25, -0.2) is 4.79 Å². The molecule has 0 fully saturated rings. The number of aryl methyl sites for hydroxylation is 5. The van der Waals surface area contributed by atoms with Gasteiger partial charge < -0.3 is 14.4 Å². The molecule has 0 spiro atoms. The fraction of sp³-hybridized carbons (Fsp3) is 0.209. The van der Waals surface area contributed by atoms with Crippen LogP contribution < -0.4 is 4.90 Å². The number of carbonyl (C=O) groups is 2. The number of hydrogen-bond acceptors (Lipinski definition) is 5. The van der Waals surface area contributed by atoms with E-state index in [0.29, 0.717) is 13.0 Å². The summed E-state index contributed by atoms with van der Waals surface area (Å²) in [7, 11) is 0. The molecule has 0 aliphatic rings. The number of esters is 2. The first kappa shape index (κ1) is 33.9. The van der Waals surface area contributed by atoms with Gasteiger partial charge in [-0.2, -0.15) is 0 Å². The standard InChI is InChI=1S/C43H43NO4/c1-4-42(45)47-30-37-16-12-33(13-17-37)8-10-35-20-26-40(27-21-35)44(39-24-6-32(3)7-25-39)41-28-22-36(23-29-41)11-9-34-14-18-38(19-15-34)31-48-43(46)5-2/h4,6-7,12-29H,1,5,8-11,30-31H2,2-3H3. The van der Waals surface area contributed by atoms with Crippen LogP contribution in [0.3, 0.4) is 0 Å². The average molecular weight is 638 g/mol. The Morgan fingerprint density at radius 1 is 0.542 bits per heavy atom. The number of rotatable bonds is 15. The van der Waals surface area contributed by atoms with Crippen molar-refractivity contribution in [2.24, 2.45) is 0 Å². The third-order valence-corrected chi connectivity index (χ3v) is 8.37. The van der Waals surface area contributed by atoms with Crippen molar-refractivity contribution < 1.29 is 19.1 Å². The molecule has 0 radical (unpaired) electrons. The summed E-state index contributed by atoms with van der Waals surface area (Å²) < 4.78 is 10.4. The van der Waals surface area contributed by atoms with E-state index in [-0.39, 0.29) is 12.6 Å². The first-order valence-electron chi connectivity index (χ1n) is 16.6. The molecule has 0 saturated heterocycles. The summed E-state index contributed by atoms with van der Waals surface area (Å²) in [6.07, 6.45) is 5.30. The van der Waals surface area contributed by atoms with Crippen molar-refractivity contribution in [1.82, 2.24) is 0 Å². The van der Waals surface area contributed by atoms with Crippen molar-refractivity contribution in [3.63, 3.8) is 0 Å². The number of ether oxygens (including phenoxy) is 2. The highest BCUT2D eigenvalue weighted by Crippen LogP contribution is 2.35. The number of anilines is 3. The molecule has 0 aromatic heterocycles. The predicted molar refractivity (Wildman–Crippen MR) is 194 cm³/mol. The fourth-order valence-electron chi connectivity index (χ4n) is 5.43. The molecular weight excluding hydrogens is 594 g/mol. The molecule has 48 heavy (non-hydrogen) atoms. The van der Waals surface area contributed by atoms with Crippen LogP contribution >= 0.6 is 0 Å². The van der Waals surface area contributed by atoms with Gasteiger partial charge in [0.15, 0.2) is 0 Å². The molecule has 0 amide bonds. The number of carbonyl (C=O) groups excluding carboxylic acids is 2. The topological polar surface area (TPSA) is 55.8 Å². The van der Waals surface area contributed by atoms with Crippen molar-refractivity contribution in [2.75, 3.05) is 4.90 Å². The van der Waals surface area contributed by atoms with Crippen LogP contribution in [-0.2, 0) is 58.0 Å². The van der Waals surface area contributed by atoms with Gasteiger partial charge in [0.25, 0.3) is 0 Å². The lowest BCUT2D eigenvalue weighted by Crippen LogP contribution is -2.10. The average Bonchev–Trinajstić information content (AvgIpc) is 3.13. The van der Waals surface area contributed by atoms with E-state index in [1.165, 1.54) is 33.9 Å². The van der Waals surface area contributed by atoms with Crippen LogP contribution in [0.4, 0.5) is 17.1 Å². The minimum absolute atomic E-state index is 0.178. The second-order valence-corrected chi connectivity index (χ2v) is 12.0. The van der Waals surface area contributed by atoms with Crippen LogP contribution in [0.5, 0.6) is 0 Å². The van der Waals surface area contributed by atoms with Crippen molar-refractivity contribution in [1.29, 1.82) is 0 Å². The molecule has 0 atom stereocenters. The molecule has 0 heterocycles. The van der Waals surface area contributed by atoms with Gasteiger partial charge in [-0.1, -0.05) is 104 Å². The zero-order valence-electron chi connectivity index (χ0n) is 27.9. The molecule has 5 heteroatoms. The molecule has 0 bridgehead atoms. The van der Waals surface area contributed by atoms with Gasteiger partial charge >= 0.3 is 11.9 Å². The highest BCUT2D eigenvalue weighted by atomic mass is 16.5. The minimum atomic E-state index is -0.412. The van der Waals surface area contributed by atoms with Gasteiger partial charge in [0.2, 0.25) is 0 Å². The summed E-state index contributed by atoms with van der Waals surface area (Å²) in [5, 5.41) is 0. The number of hydrogen-bond donors (Lipinski definition) is 0. The molecule has 0 unspecified atom stereocenters. The van der Waals surface area contributed by atoms with Crippen LogP contribution in [0.2, 0.25) is 0 Å². The van der Waals surface area contributed by atoms with Gasteiger partial charge in [0.1, 0.15) is 13.2 Å². The predicted octanol–water partition coefficient (Wildman–Crippen LogP) is 9.72. The van der Waals surface area contributed by atoms with Crippen molar-refractivity contribution >= 4 is 29.0 Å². The molecule has 5 nitrogen and oxygen atoms in total. The molecule has 0 aliphatic heterocycles. The third-order valence-electron chi connectivity index (χ3n) is 8.37. The van der Waals surface area contributed by atoms with Crippen LogP contribution in [0.1, 0.15) is 52.3 Å². The van der Waals surface area contributed by atoms with Crippen molar-refractivity contribution in [3.05, 3.63) is 173 Å². The SMILES string of the molecule is C=CC(=O)OCc1ccc(CCc2ccc(N(c3ccc(C)cc3)c3ccc(CCc4ccc(COC(=O)CC)cc4)cc3)cc2)cc1. The van der Waals surface area contributed by atoms with Gasteiger partial charge in [0.05, 0.1) is 0 Å². The molecule has 0 aliphatic carbocycles. The fourth-order valence-corrected chi connectivity index (χ4v) is 5.43. The zero-order chi connectivity index (χ0) is 33.7. The molecule has 0 saturated carbocycles. The molecule has 5 aromatic carbocycles. The maximum Gasteiger partial charge on any atom is 0.330 e. The zero-order valence-corrected chi connectivity index (χ0v) is 27.9. The summed E-state index contributed by atoms with van der Waals surface area (Å²) >= 11 is 0. The summed E-state index contributed by atoms with van der Waals surface area (Å²) in [6.45, 7) is 7.92. The first-order chi connectivity index (χ1) is 23.4. The molecule has 0 N–H and O–H groups in total. The van der Waals surface area contributed by atoms with Crippen LogP contribution in [0, 0.1) is 6.92 Å².